The van der Waals surface area contributed by atoms with E-state index in [0.29, 0.717) is 29.6 Å². The lowest BCUT2D eigenvalue weighted by Crippen LogP contribution is -2.43. The van der Waals surface area contributed by atoms with E-state index in [0.717, 1.165) is 19.5 Å². The molecular formula is C19H31N7O3. The second-order valence-corrected chi connectivity index (χ2v) is 8.44. The van der Waals surface area contributed by atoms with Crippen molar-refractivity contribution >= 4 is 17.0 Å². The molecule has 10 heteroatoms. The van der Waals surface area contributed by atoms with Crippen LogP contribution in [0.1, 0.15) is 40.3 Å². The molecule has 4 atom stereocenters. The third-order valence-electron chi connectivity index (χ3n) is 5.58. The molecule has 0 bridgehead atoms. The number of nitrogens with two attached hydrogens (primary N) is 2. The highest BCUT2D eigenvalue weighted by Gasteiger charge is 2.56. The van der Waals surface area contributed by atoms with Gasteiger partial charge in [0.05, 0.1) is 6.33 Å². The molecule has 0 amide bonds. The number of aromatic nitrogens is 4. The van der Waals surface area contributed by atoms with Crippen LogP contribution in [0.15, 0.2) is 12.7 Å². The molecule has 2 aromatic rings. The Morgan fingerprint density at radius 1 is 1.21 bits per heavy atom. The lowest BCUT2D eigenvalue weighted by molar-refractivity contribution is -0.198. The monoisotopic (exact) mass is 405 g/mol. The third kappa shape index (κ3) is 3.82. The fraction of sp³-hybridized carbons (Fsp3) is 0.737. The number of imidazole rings is 1. The number of ether oxygens (including phenoxy) is 3. The summed E-state index contributed by atoms with van der Waals surface area (Å²) in [5.74, 6) is -0.337. The van der Waals surface area contributed by atoms with Crippen molar-refractivity contribution in [3.05, 3.63) is 12.7 Å². The van der Waals surface area contributed by atoms with Gasteiger partial charge in [-0.05, 0) is 47.2 Å². The predicted molar refractivity (Wildman–Crippen MR) is 108 cm³/mol. The van der Waals surface area contributed by atoms with Crippen LogP contribution in [0.2, 0.25) is 0 Å². The van der Waals surface area contributed by atoms with E-state index >= 15 is 0 Å². The number of hydrogen-bond acceptors (Lipinski definition) is 9. The van der Waals surface area contributed by atoms with Crippen LogP contribution < -0.4 is 11.5 Å². The summed E-state index contributed by atoms with van der Waals surface area (Å²) in [5, 5.41) is 0. The molecule has 2 aliphatic rings. The summed E-state index contributed by atoms with van der Waals surface area (Å²) in [4.78, 5) is 15.1. The Balaban J connectivity index is 1.63. The lowest BCUT2D eigenvalue weighted by atomic mass is 10.1. The molecule has 2 saturated heterocycles. The number of fused-ring (bicyclic) bond motifs is 2. The minimum atomic E-state index is -0.681. The summed E-state index contributed by atoms with van der Waals surface area (Å²) < 4.78 is 20.8. The molecule has 0 saturated carbocycles. The molecule has 10 nitrogen and oxygen atoms in total. The molecule has 4 N–H and O–H groups in total. The van der Waals surface area contributed by atoms with Gasteiger partial charge in [0.2, 0.25) is 0 Å². The minimum absolute atomic E-state index is 0.149. The largest absolute Gasteiger partial charge is 0.382 e. The zero-order valence-electron chi connectivity index (χ0n) is 17.5. The van der Waals surface area contributed by atoms with Crippen molar-refractivity contribution in [2.45, 2.75) is 70.5 Å². The Kier molecular flexibility index (Phi) is 5.47. The molecule has 0 unspecified atom stereocenters. The van der Waals surface area contributed by atoms with Crippen molar-refractivity contribution in [3.8, 4) is 0 Å². The number of hydrogen-bond donors (Lipinski definition) is 2. The Hall–Kier alpha value is -1.85. The van der Waals surface area contributed by atoms with Gasteiger partial charge >= 0.3 is 0 Å². The first-order chi connectivity index (χ1) is 13.8. The maximum atomic E-state index is 6.47. The Morgan fingerprint density at radius 2 is 1.97 bits per heavy atom. The van der Waals surface area contributed by atoms with Gasteiger partial charge in [0, 0.05) is 12.6 Å². The lowest BCUT2D eigenvalue weighted by Gasteiger charge is -2.31. The Labute approximate surface area is 170 Å². The van der Waals surface area contributed by atoms with E-state index in [1.807, 2.05) is 18.4 Å². The van der Waals surface area contributed by atoms with E-state index in [-0.39, 0.29) is 18.3 Å². The molecule has 4 rings (SSSR count). The zero-order chi connectivity index (χ0) is 20.8. The van der Waals surface area contributed by atoms with E-state index in [1.54, 1.807) is 6.33 Å². The molecule has 2 fully saturated rings. The number of nitrogen functional groups attached to an aromatic ring is 1. The van der Waals surface area contributed by atoms with Crippen molar-refractivity contribution in [3.63, 3.8) is 0 Å². The molecular weight excluding hydrogens is 374 g/mol. The third-order valence-corrected chi connectivity index (χ3v) is 5.58. The number of anilines is 1. The van der Waals surface area contributed by atoms with E-state index in [4.69, 9.17) is 25.7 Å². The van der Waals surface area contributed by atoms with Crippen molar-refractivity contribution in [2.24, 2.45) is 5.73 Å². The molecule has 0 aliphatic carbocycles. The summed E-state index contributed by atoms with van der Waals surface area (Å²) >= 11 is 0. The maximum Gasteiger partial charge on any atom is 0.167 e. The van der Waals surface area contributed by atoms with Crippen molar-refractivity contribution < 1.29 is 14.2 Å². The Bertz CT molecular complexity index is 855. The molecule has 0 radical (unpaired) electrons. The van der Waals surface area contributed by atoms with Gasteiger partial charge in [-0.3, -0.25) is 9.47 Å². The molecule has 2 aliphatic heterocycles. The highest BCUT2D eigenvalue weighted by molar-refractivity contribution is 5.81. The first-order valence-electron chi connectivity index (χ1n) is 10.2. The van der Waals surface area contributed by atoms with Crippen molar-refractivity contribution in [1.29, 1.82) is 0 Å². The van der Waals surface area contributed by atoms with Gasteiger partial charge in [-0.2, -0.15) is 0 Å². The number of rotatable bonds is 7. The topological polar surface area (TPSA) is 127 Å². The van der Waals surface area contributed by atoms with Gasteiger partial charge in [0.25, 0.3) is 0 Å². The van der Waals surface area contributed by atoms with Crippen LogP contribution >= 0.6 is 0 Å². The summed E-state index contributed by atoms with van der Waals surface area (Å²) in [6.45, 7) is 10.5. The van der Waals surface area contributed by atoms with Crippen molar-refractivity contribution in [1.82, 2.24) is 24.4 Å². The zero-order valence-corrected chi connectivity index (χ0v) is 17.5. The summed E-state index contributed by atoms with van der Waals surface area (Å²) in [6.07, 6.45) is 3.04. The molecule has 160 valence electrons. The van der Waals surface area contributed by atoms with Crippen LogP contribution in [-0.2, 0) is 14.2 Å². The van der Waals surface area contributed by atoms with Crippen LogP contribution in [0.4, 0.5) is 5.82 Å². The maximum absolute atomic E-state index is 6.47. The van der Waals surface area contributed by atoms with E-state index in [1.165, 1.54) is 6.33 Å². The fourth-order valence-electron chi connectivity index (χ4n) is 4.17. The van der Waals surface area contributed by atoms with Crippen LogP contribution in [0.25, 0.3) is 11.2 Å². The van der Waals surface area contributed by atoms with Crippen molar-refractivity contribution in [2.75, 3.05) is 25.4 Å². The highest BCUT2D eigenvalue weighted by atomic mass is 16.8. The second kappa shape index (κ2) is 7.77. The normalized spacial score (nSPS) is 28.7. The SMILES string of the molecule is CC(C)N(CCCN)C[C@H]1O[C@@H](n2cnc3c(N)ncnc32)[C@@H]2OC(C)(C)O[C@@H]21. The average Bonchev–Trinajstić information content (AvgIpc) is 3.30. The first kappa shape index (κ1) is 20.4. The standard InChI is InChI=1S/C19H31N7O3/c1-11(2)25(7-5-6-20)8-12-14-15(29-19(3,4)28-14)18(27-12)26-10-24-13-16(21)22-9-23-17(13)26/h9-12,14-15,18H,5-8,20H2,1-4H3,(H2,21,22,23)/t12-,14-,15-,18-/m1/s1. The average molecular weight is 406 g/mol. The second-order valence-electron chi connectivity index (χ2n) is 8.44. The molecule has 29 heavy (non-hydrogen) atoms. The number of nitrogens with zero attached hydrogens (tertiary/aromatic N) is 5. The molecule has 0 aromatic carbocycles. The predicted octanol–water partition coefficient (Wildman–Crippen LogP) is 0.885. The van der Waals surface area contributed by atoms with E-state index in [9.17, 15) is 0 Å². The summed E-state index contributed by atoms with van der Waals surface area (Å²) in [7, 11) is 0. The van der Waals surface area contributed by atoms with Crippen LogP contribution in [0.5, 0.6) is 0 Å². The van der Waals surface area contributed by atoms with Gasteiger partial charge in [0.1, 0.15) is 30.2 Å². The fourth-order valence-corrected chi connectivity index (χ4v) is 4.17. The van der Waals surface area contributed by atoms with Gasteiger partial charge in [-0.1, -0.05) is 0 Å². The van der Waals surface area contributed by atoms with Gasteiger partial charge in [-0.15, -0.1) is 0 Å². The molecule has 0 spiro atoms. The smallest absolute Gasteiger partial charge is 0.167 e. The highest BCUT2D eigenvalue weighted by Crippen LogP contribution is 2.44. The quantitative estimate of drug-likeness (QED) is 0.690. The first-order valence-corrected chi connectivity index (χ1v) is 10.2. The van der Waals surface area contributed by atoms with Crippen LogP contribution in [0, 0.1) is 0 Å². The van der Waals surface area contributed by atoms with Crippen LogP contribution in [0.3, 0.4) is 0 Å². The van der Waals surface area contributed by atoms with Gasteiger partial charge in [0.15, 0.2) is 23.5 Å². The summed E-state index contributed by atoms with van der Waals surface area (Å²) in [5.41, 5.74) is 12.9. The Morgan fingerprint density at radius 3 is 2.69 bits per heavy atom. The van der Waals surface area contributed by atoms with Crippen LogP contribution in [-0.4, -0.2) is 74.2 Å². The van der Waals surface area contributed by atoms with Gasteiger partial charge in [-0.25, -0.2) is 15.0 Å². The summed E-state index contributed by atoms with van der Waals surface area (Å²) in [6, 6.07) is 0.375. The van der Waals surface area contributed by atoms with E-state index < -0.39 is 12.0 Å². The minimum Gasteiger partial charge on any atom is -0.382 e. The van der Waals surface area contributed by atoms with Gasteiger partial charge < -0.3 is 25.7 Å². The van der Waals surface area contributed by atoms with E-state index in [2.05, 4.69) is 33.7 Å². The molecule has 2 aromatic heterocycles. The molecule has 4 heterocycles.